The van der Waals surface area contributed by atoms with Gasteiger partial charge in [0.2, 0.25) is 0 Å². The van der Waals surface area contributed by atoms with Crippen LogP contribution in [0.15, 0.2) is 60.2 Å². The lowest BCUT2D eigenvalue weighted by Gasteiger charge is -2.07. The van der Waals surface area contributed by atoms with Gasteiger partial charge in [0.15, 0.2) is 11.6 Å². The highest BCUT2D eigenvalue weighted by Crippen LogP contribution is 2.28. The molecule has 136 valence electrons. The number of aromatic nitrogens is 7. The summed E-state index contributed by atoms with van der Waals surface area (Å²) >= 11 is 1.57. The van der Waals surface area contributed by atoms with Crippen molar-refractivity contribution in [2.24, 2.45) is 0 Å². The summed E-state index contributed by atoms with van der Waals surface area (Å²) in [7, 11) is 0. The second-order valence-corrected chi connectivity index (χ2v) is 6.82. The molecule has 5 rings (SSSR count). The number of aromatic amines is 1. The molecule has 0 unspecified atom stereocenters. The van der Waals surface area contributed by atoms with Crippen LogP contribution in [0, 0.1) is 0 Å². The molecule has 0 radical (unpaired) electrons. The Morgan fingerprint density at radius 3 is 2.39 bits per heavy atom. The first-order valence-corrected chi connectivity index (χ1v) is 9.48. The lowest BCUT2D eigenvalue weighted by molar-refractivity contribution is 0.948. The molecule has 0 aliphatic heterocycles. The van der Waals surface area contributed by atoms with Crippen LogP contribution in [0.2, 0.25) is 0 Å². The van der Waals surface area contributed by atoms with E-state index in [2.05, 4.69) is 40.4 Å². The molecule has 0 saturated heterocycles. The van der Waals surface area contributed by atoms with E-state index in [9.17, 15) is 0 Å². The molecule has 0 aliphatic carbocycles. The summed E-state index contributed by atoms with van der Waals surface area (Å²) in [6.45, 7) is 0.448. The van der Waals surface area contributed by atoms with Crippen LogP contribution >= 0.6 is 11.3 Å². The third-order valence-electron chi connectivity index (χ3n) is 4.07. The van der Waals surface area contributed by atoms with E-state index >= 15 is 0 Å². The largest absolute Gasteiger partial charge is 0.362 e. The van der Waals surface area contributed by atoms with Crippen molar-refractivity contribution in [2.75, 3.05) is 5.32 Å². The molecule has 28 heavy (non-hydrogen) atoms. The molecule has 2 N–H and O–H groups in total. The Bertz CT molecular complexity index is 1220. The van der Waals surface area contributed by atoms with Crippen LogP contribution in [0.3, 0.4) is 0 Å². The fourth-order valence-electron chi connectivity index (χ4n) is 2.75. The van der Waals surface area contributed by atoms with Gasteiger partial charge in [0.1, 0.15) is 27.9 Å². The zero-order valence-electron chi connectivity index (χ0n) is 14.6. The highest BCUT2D eigenvalue weighted by Gasteiger charge is 2.12. The Morgan fingerprint density at radius 1 is 0.857 bits per heavy atom. The first-order chi connectivity index (χ1) is 13.9. The number of fused-ring (bicyclic) bond motifs is 1. The van der Waals surface area contributed by atoms with E-state index in [1.165, 1.54) is 0 Å². The fourth-order valence-corrected chi connectivity index (χ4v) is 3.52. The minimum Gasteiger partial charge on any atom is -0.362 e. The maximum absolute atomic E-state index is 4.67. The zero-order chi connectivity index (χ0) is 18.8. The number of thiophene rings is 1. The molecule has 0 spiro atoms. The smallest absolute Gasteiger partial charge is 0.199 e. The number of anilines is 1. The van der Waals surface area contributed by atoms with E-state index in [4.69, 9.17) is 0 Å². The van der Waals surface area contributed by atoms with Gasteiger partial charge in [-0.2, -0.15) is 5.10 Å². The quantitative estimate of drug-likeness (QED) is 0.476. The van der Waals surface area contributed by atoms with Crippen molar-refractivity contribution in [3.63, 3.8) is 0 Å². The van der Waals surface area contributed by atoms with Crippen LogP contribution in [-0.4, -0.2) is 35.1 Å². The predicted molar refractivity (Wildman–Crippen MR) is 108 cm³/mol. The van der Waals surface area contributed by atoms with Gasteiger partial charge < -0.3 is 5.32 Å². The number of pyridine rings is 2. The van der Waals surface area contributed by atoms with Crippen molar-refractivity contribution in [3.8, 4) is 23.0 Å². The number of rotatable bonds is 5. The second-order valence-electron chi connectivity index (χ2n) is 5.92. The van der Waals surface area contributed by atoms with Crippen LogP contribution < -0.4 is 5.32 Å². The maximum atomic E-state index is 4.67. The van der Waals surface area contributed by atoms with Crippen molar-refractivity contribution in [3.05, 3.63) is 66.1 Å². The molecule has 0 aromatic carbocycles. The van der Waals surface area contributed by atoms with Gasteiger partial charge in [-0.1, -0.05) is 12.1 Å². The Hall–Kier alpha value is -3.72. The SMILES string of the molecule is c1ccc(-c2n[nH]c(CNc3nc(-c4ccccn4)nc4sccc34)n2)nc1. The highest BCUT2D eigenvalue weighted by atomic mass is 32.1. The van der Waals surface area contributed by atoms with Gasteiger partial charge in [0.25, 0.3) is 0 Å². The lowest BCUT2D eigenvalue weighted by atomic mass is 10.3. The Kier molecular flexibility index (Phi) is 4.19. The first kappa shape index (κ1) is 16.5. The molecule has 5 aromatic rings. The molecule has 0 amide bonds. The van der Waals surface area contributed by atoms with E-state index in [0.29, 0.717) is 24.0 Å². The topological polar surface area (TPSA) is 105 Å². The highest BCUT2D eigenvalue weighted by molar-refractivity contribution is 7.16. The molecule has 0 aliphatic rings. The van der Waals surface area contributed by atoms with E-state index in [-0.39, 0.29) is 0 Å². The number of hydrogen-bond donors (Lipinski definition) is 2. The van der Waals surface area contributed by atoms with Gasteiger partial charge in [-0.3, -0.25) is 15.1 Å². The minimum atomic E-state index is 0.448. The Balaban J connectivity index is 1.42. The normalized spacial score (nSPS) is 11.0. The van der Waals surface area contributed by atoms with Crippen LogP contribution in [0.1, 0.15) is 5.82 Å². The van der Waals surface area contributed by atoms with Gasteiger partial charge in [-0.25, -0.2) is 15.0 Å². The van der Waals surface area contributed by atoms with Crippen molar-refractivity contribution in [1.29, 1.82) is 0 Å². The van der Waals surface area contributed by atoms with E-state index in [0.717, 1.165) is 27.4 Å². The average molecular weight is 386 g/mol. The number of hydrogen-bond acceptors (Lipinski definition) is 8. The third-order valence-corrected chi connectivity index (χ3v) is 4.87. The number of H-pyrrole nitrogens is 1. The summed E-state index contributed by atoms with van der Waals surface area (Å²) in [6.07, 6.45) is 3.45. The van der Waals surface area contributed by atoms with Crippen LogP contribution in [0.25, 0.3) is 33.3 Å². The van der Waals surface area contributed by atoms with Crippen molar-refractivity contribution in [1.82, 2.24) is 35.1 Å². The monoisotopic (exact) mass is 386 g/mol. The third kappa shape index (κ3) is 3.19. The molecule has 0 fully saturated rings. The first-order valence-electron chi connectivity index (χ1n) is 8.60. The van der Waals surface area contributed by atoms with E-state index in [1.54, 1.807) is 23.7 Å². The summed E-state index contributed by atoms with van der Waals surface area (Å²) in [5, 5.41) is 13.5. The maximum Gasteiger partial charge on any atom is 0.199 e. The average Bonchev–Trinajstić information content (AvgIpc) is 3.43. The van der Waals surface area contributed by atoms with E-state index < -0.39 is 0 Å². The summed E-state index contributed by atoms with van der Waals surface area (Å²) in [6, 6.07) is 13.3. The van der Waals surface area contributed by atoms with Crippen LogP contribution in [0.5, 0.6) is 0 Å². The van der Waals surface area contributed by atoms with Gasteiger partial charge in [-0.05, 0) is 35.7 Å². The van der Waals surface area contributed by atoms with Crippen molar-refractivity contribution in [2.45, 2.75) is 6.54 Å². The Labute approximate surface area is 163 Å². The van der Waals surface area contributed by atoms with E-state index in [1.807, 2.05) is 47.8 Å². The molecule has 9 heteroatoms. The van der Waals surface area contributed by atoms with Gasteiger partial charge in [-0.15, -0.1) is 11.3 Å². The van der Waals surface area contributed by atoms with Gasteiger partial charge >= 0.3 is 0 Å². The molecular formula is C19H14N8S. The standard InChI is InChI=1S/C19H14N8S/c1-3-8-20-13(5-1)17-24-16(12-7-10-28-19(12)25-17)22-11-15-23-18(27-26-15)14-6-2-4-9-21-14/h1-10H,11H2,(H,22,24,25)(H,23,26,27). The summed E-state index contributed by atoms with van der Waals surface area (Å²) in [4.78, 5) is 23.3. The second kappa shape index (κ2) is 7.12. The molecular weight excluding hydrogens is 372 g/mol. The van der Waals surface area contributed by atoms with Crippen molar-refractivity contribution >= 4 is 27.4 Å². The summed E-state index contributed by atoms with van der Waals surface area (Å²) < 4.78 is 0. The number of nitrogens with one attached hydrogen (secondary N) is 2. The molecule has 8 nitrogen and oxygen atoms in total. The zero-order valence-corrected chi connectivity index (χ0v) is 15.4. The molecule has 5 aromatic heterocycles. The van der Waals surface area contributed by atoms with Crippen molar-refractivity contribution < 1.29 is 0 Å². The summed E-state index contributed by atoms with van der Waals surface area (Å²) in [5.41, 5.74) is 1.46. The molecule has 0 bridgehead atoms. The fraction of sp³-hybridized carbons (Fsp3) is 0.0526. The number of nitrogens with zero attached hydrogens (tertiary/aromatic N) is 6. The summed E-state index contributed by atoms with van der Waals surface area (Å²) in [5.74, 6) is 2.59. The van der Waals surface area contributed by atoms with Gasteiger partial charge in [0.05, 0.1) is 11.9 Å². The minimum absolute atomic E-state index is 0.448. The lowest BCUT2D eigenvalue weighted by Crippen LogP contribution is -2.05. The van der Waals surface area contributed by atoms with Gasteiger partial charge in [0, 0.05) is 12.4 Å². The van der Waals surface area contributed by atoms with Crippen LogP contribution in [0.4, 0.5) is 5.82 Å². The van der Waals surface area contributed by atoms with Crippen LogP contribution in [-0.2, 0) is 6.54 Å². The molecule has 5 heterocycles. The predicted octanol–water partition coefficient (Wildman–Crippen LogP) is 3.55. The Morgan fingerprint density at radius 2 is 1.64 bits per heavy atom. The molecule has 0 saturated carbocycles. The molecule has 0 atom stereocenters.